The Morgan fingerprint density at radius 1 is 0.941 bits per heavy atom. The fraction of sp³-hybridized carbons (Fsp3) is 0.647. The lowest BCUT2D eigenvalue weighted by Crippen LogP contribution is -2.03. The van der Waals surface area contributed by atoms with Crippen LogP contribution in [0.4, 0.5) is 0 Å². The van der Waals surface area contributed by atoms with E-state index in [0.29, 0.717) is 5.92 Å². The van der Waals surface area contributed by atoms with Gasteiger partial charge in [0.2, 0.25) is 0 Å². The Balaban J connectivity index is 2.04. The molecule has 0 amide bonds. The van der Waals surface area contributed by atoms with Gasteiger partial charge in [-0.15, -0.1) is 0 Å². The molecule has 1 aromatic carbocycles. The zero-order valence-electron chi connectivity index (χ0n) is 11.7. The molecule has 2 atom stereocenters. The third-order valence-electron chi connectivity index (χ3n) is 4.49. The van der Waals surface area contributed by atoms with E-state index >= 15 is 0 Å². The van der Waals surface area contributed by atoms with Crippen molar-refractivity contribution in [1.82, 2.24) is 0 Å². The van der Waals surface area contributed by atoms with Gasteiger partial charge in [0.15, 0.2) is 0 Å². The minimum atomic E-state index is 0.649. The molecule has 94 valence electrons. The average molecular weight is 230 g/mol. The molecular formula is C17H26. The minimum absolute atomic E-state index is 0.649. The Bertz CT molecular complexity index is 345. The molecule has 1 saturated carbocycles. The van der Waals surface area contributed by atoms with Crippen LogP contribution in [0.15, 0.2) is 24.3 Å². The van der Waals surface area contributed by atoms with Gasteiger partial charge >= 0.3 is 0 Å². The van der Waals surface area contributed by atoms with E-state index in [1.165, 1.54) is 24.8 Å². The first-order valence-electron chi connectivity index (χ1n) is 7.17. The molecule has 1 fully saturated rings. The van der Waals surface area contributed by atoms with E-state index in [4.69, 9.17) is 0 Å². The van der Waals surface area contributed by atoms with Crippen molar-refractivity contribution in [2.24, 2.45) is 11.8 Å². The summed E-state index contributed by atoms with van der Waals surface area (Å²) in [5.74, 6) is 3.28. The van der Waals surface area contributed by atoms with Crippen LogP contribution in [-0.4, -0.2) is 0 Å². The largest absolute Gasteiger partial charge is 0.0625 e. The van der Waals surface area contributed by atoms with Crippen molar-refractivity contribution in [3.63, 3.8) is 0 Å². The van der Waals surface area contributed by atoms with Crippen molar-refractivity contribution in [2.75, 3.05) is 0 Å². The zero-order valence-corrected chi connectivity index (χ0v) is 11.7. The SMILES string of the molecule is CC(C)c1ccc(C2CCC(C(C)C)C2)cc1. The lowest BCUT2D eigenvalue weighted by atomic mass is 9.90. The van der Waals surface area contributed by atoms with Gasteiger partial charge in [-0.1, -0.05) is 52.0 Å². The highest BCUT2D eigenvalue weighted by atomic mass is 14.3. The molecule has 0 heterocycles. The Morgan fingerprint density at radius 2 is 1.59 bits per heavy atom. The summed E-state index contributed by atoms with van der Waals surface area (Å²) in [5.41, 5.74) is 3.03. The highest BCUT2D eigenvalue weighted by molar-refractivity contribution is 5.27. The third kappa shape index (κ3) is 2.91. The molecule has 1 aromatic rings. The summed E-state index contributed by atoms with van der Waals surface area (Å²) in [5, 5.41) is 0. The van der Waals surface area contributed by atoms with Crippen molar-refractivity contribution in [1.29, 1.82) is 0 Å². The molecule has 1 aliphatic carbocycles. The van der Waals surface area contributed by atoms with Gasteiger partial charge in [0.25, 0.3) is 0 Å². The van der Waals surface area contributed by atoms with Gasteiger partial charge in [-0.05, 0) is 54.1 Å². The Morgan fingerprint density at radius 3 is 2.06 bits per heavy atom. The van der Waals surface area contributed by atoms with Crippen LogP contribution < -0.4 is 0 Å². The molecule has 0 radical (unpaired) electrons. The summed E-state index contributed by atoms with van der Waals surface area (Å²) in [6.07, 6.45) is 4.22. The van der Waals surface area contributed by atoms with Crippen LogP contribution in [0.2, 0.25) is 0 Å². The molecule has 0 spiro atoms. The zero-order chi connectivity index (χ0) is 12.4. The second-order valence-electron chi connectivity index (χ2n) is 6.34. The van der Waals surface area contributed by atoms with Crippen molar-refractivity contribution in [2.45, 2.75) is 58.8 Å². The second kappa shape index (κ2) is 5.25. The quantitative estimate of drug-likeness (QED) is 0.656. The Kier molecular flexibility index (Phi) is 3.91. The summed E-state index contributed by atoms with van der Waals surface area (Å²) in [6, 6.07) is 9.37. The number of hydrogen-bond donors (Lipinski definition) is 0. The topological polar surface area (TPSA) is 0 Å². The van der Waals surface area contributed by atoms with Gasteiger partial charge in [0.05, 0.1) is 0 Å². The summed E-state index contributed by atoms with van der Waals surface area (Å²) in [4.78, 5) is 0. The van der Waals surface area contributed by atoms with Crippen molar-refractivity contribution < 1.29 is 0 Å². The molecule has 0 aromatic heterocycles. The highest BCUT2D eigenvalue weighted by Crippen LogP contribution is 2.41. The van der Waals surface area contributed by atoms with E-state index in [1.54, 1.807) is 5.56 Å². The number of rotatable bonds is 3. The predicted molar refractivity (Wildman–Crippen MR) is 75.5 cm³/mol. The minimum Gasteiger partial charge on any atom is -0.0625 e. The monoisotopic (exact) mass is 230 g/mol. The van der Waals surface area contributed by atoms with Crippen molar-refractivity contribution in [3.05, 3.63) is 35.4 Å². The molecule has 0 saturated heterocycles. The number of hydrogen-bond acceptors (Lipinski definition) is 0. The molecule has 2 rings (SSSR count). The normalized spacial score (nSPS) is 24.8. The van der Waals surface area contributed by atoms with E-state index in [9.17, 15) is 0 Å². The molecule has 2 unspecified atom stereocenters. The fourth-order valence-corrected chi connectivity index (χ4v) is 3.08. The van der Waals surface area contributed by atoms with E-state index in [1.807, 2.05) is 0 Å². The maximum atomic E-state index is 2.37. The molecule has 0 N–H and O–H groups in total. The van der Waals surface area contributed by atoms with Crippen LogP contribution in [0.25, 0.3) is 0 Å². The molecule has 0 bridgehead atoms. The van der Waals surface area contributed by atoms with Crippen LogP contribution in [0.3, 0.4) is 0 Å². The fourth-order valence-electron chi connectivity index (χ4n) is 3.08. The van der Waals surface area contributed by atoms with E-state index < -0.39 is 0 Å². The van der Waals surface area contributed by atoms with Crippen LogP contribution >= 0.6 is 0 Å². The molecule has 17 heavy (non-hydrogen) atoms. The average Bonchev–Trinajstić information content (AvgIpc) is 2.78. The van der Waals surface area contributed by atoms with Crippen molar-refractivity contribution in [3.8, 4) is 0 Å². The molecule has 1 aliphatic rings. The summed E-state index contributed by atoms with van der Waals surface area (Å²) >= 11 is 0. The van der Waals surface area contributed by atoms with Gasteiger partial charge in [-0.3, -0.25) is 0 Å². The van der Waals surface area contributed by atoms with Crippen molar-refractivity contribution >= 4 is 0 Å². The highest BCUT2D eigenvalue weighted by Gasteiger charge is 2.27. The van der Waals surface area contributed by atoms with E-state index in [2.05, 4.69) is 52.0 Å². The van der Waals surface area contributed by atoms with Crippen LogP contribution in [0.5, 0.6) is 0 Å². The first kappa shape index (κ1) is 12.7. The first-order chi connectivity index (χ1) is 8.08. The maximum absolute atomic E-state index is 2.37. The van der Waals surface area contributed by atoms with Gasteiger partial charge in [-0.25, -0.2) is 0 Å². The van der Waals surface area contributed by atoms with Crippen LogP contribution in [0.1, 0.15) is 69.9 Å². The standard InChI is InChI=1S/C17H26/c1-12(2)14-5-7-15(8-6-14)17-10-9-16(11-17)13(3)4/h5-8,12-13,16-17H,9-11H2,1-4H3. The predicted octanol–water partition coefficient (Wildman–Crippen LogP) is 5.35. The van der Waals surface area contributed by atoms with E-state index in [-0.39, 0.29) is 0 Å². The van der Waals surface area contributed by atoms with Gasteiger partial charge in [0, 0.05) is 0 Å². The molecule has 0 nitrogen and oxygen atoms in total. The Labute approximate surface area is 106 Å². The van der Waals surface area contributed by atoms with Gasteiger partial charge in [-0.2, -0.15) is 0 Å². The number of benzene rings is 1. The van der Waals surface area contributed by atoms with E-state index in [0.717, 1.165) is 17.8 Å². The van der Waals surface area contributed by atoms with Gasteiger partial charge in [0.1, 0.15) is 0 Å². The second-order valence-corrected chi connectivity index (χ2v) is 6.34. The molecule has 0 aliphatic heterocycles. The lowest BCUT2D eigenvalue weighted by Gasteiger charge is -2.15. The lowest BCUT2D eigenvalue weighted by molar-refractivity contribution is 0.391. The smallest absolute Gasteiger partial charge is 0.0159 e. The summed E-state index contributed by atoms with van der Waals surface area (Å²) in [6.45, 7) is 9.27. The van der Waals surface area contributed by atoms with Crippen LogP contribution in [-0.2, 0) is 0 Å². The third-order valence-corrected chi connectivity index (χ3v) is 4.49. The Hall–Kier alpha value is -0.780. The summed E-state index contributed by atoms with van der Waals surface area (Å²) in [7, 11) is 0. The van der Waals surface area contributed by atoms with Gasteiger partial charge < -0.3 is 0 Å². The molecular weight excluding hydrogens is 204 g/mol. The maximum Gasteiger partial charge on any atom is -0.0159 e. The first-order valence-corrected chi connectivity index (χ1v) is 7.17. The summed E-state index contributed by atoms with van der Waals surface area (Å²) < 4.78 is 0. The van der Waals surface area contributed by atoms with Crippen LogP contribution in [0, 0.1) is 11.8 Å². The molecule has 0 heteroatoms.